The van der Waals surface area contributed by atoms with E-state index in [-0.39, 0.29) is 15.1 Å². The van der Waals surface area contributed by atoms with Crippen LogP contribution in [0.15, 0.2) is 52.1 Å². The highest BCUT2D eigenvalue weighted by molar-refractivity contribution is 7.91. The Bertz CT molecular complexity index is 1190. The zero-order valence-corrected chi connectivity index (χ0v) is 19.2. The molecule has 1 aromatic carbocycles. The second-order valence-corrected chi connectivity index (χ2v) is 11.2. The number of thiazole rings is 1. The average molecular weight is 476 g/mol. The number of thiophene rings is 1. The van der Waals surface area contributed by atoms with Crippen molar-refractivity contribution in [2.75, 3.05) is 11.9 Å². The molecule has 3 aromatic rings. The molecule has 7 nitrogen and oxygen atoms in total. The molecule has 162 valence electrons. The van der Waals surface area contributed by atoms with E-state index < -0.39 is 22.0 Å². The summed E-state index contributed by atoms with van der Waals surface area (Å²) >= 11 is 2.24. The minimum Gasteiger partial charge on any atom is -0.301 e. The van der Waals surface area contributed by atoms with E-state index in [0.717, 1.165) is 34.7 Å². The standard InChI is InChI=1S/C21H21N3O4S3/c1-14(25)19-18(15-8-3-2-4-9-15)22-21(30-19)23-20(26)16-10-5-6-12-24(16)31(27,28)17-11-7-13-29-17/h2-4,7-9,11,13,16H,5-6,10,12H2,1H3,(H,22,23,26). The van der Waals surface area contributed by atoms with Crippen molar-refractivity contribution in [3.05, 3.63) is 52.7 Å². The summed E-state index contributed by atoms with van der Waals surface area (Å²) in [5.41, 5.74) is 1.30. The molecule has 1 atom stereocenters. The summed E-state index contributed by atoms with van der Waals surface area (Å²) in [5.74, 6) is -0.570. The lowest BCUT2D eigenvalue weighted by atomic mass is 10.0. The summed E-state index contributed by atoms with van der Waals surface area (Å²) in [6.45, 7) is 1.76. The number of Topliss-reactive ketones (excluding diaryl/α,β-unsaturated/α-hetero) is 1. The highest BCUT2D eigenvalue weighted by Gasteiger charge is 2.38. The summed E-state index contributed by atoms with van der Waals surface area (Å²) < 4.78 is 27.6. The molecule has 0 saturated carbocycles. The first-order chi connectivity index (χ1) is 14.9. The van der Waals surface area contributed by atoms with Gasteiger partial charge >= 0.3 is 0 Å². The van der Waals surface area contributed by atoms with Gasteiger partial charge in [-0.15, -0.1) is 11.3 Å². The zero-order chi connectivity index (χ0) is 22.0. The molecule has 0 aliphatic carbocycles. The van der Waals surface area contributed by atoms with Gasteiger partial charge in [-0.05, 0) is 24.3 Å². The van der Waals surface area contributed by atoms with Gasteiger partial charge in [0.05, 0.1) is 10.6 Å². The van der Waals surface area contributed by atoms with Gasteiger partial charge < -0.3 is 5.32 Å². The quantitative estimate of drug-likeness (QED) is 0.538. The number of nitrogens with one attached hydrogen (secondary N) is 1. The fourth-order valence-electron chi connectivity index (χ4n) is 3.57. The largest absolute Gasteiger partial charge is 0.301 e. The third kappa shape index (κ3) is 4.47. The first kappa shape index (κ1) is 21.8. The van der Waals surface area contributed by atoms with E-state index in [9.17, 15) is 18.0 Å². The van der Waals surface area contributed by atoms with Gasteiger partial charge in [0.25, 0.3) is 10.0 Å². The number of ketones is 1. The second-order valence-electron chi connectivity index (χ2n) is 7.17. The smallest absolute Gasteiger partial charge is 0.253 e. The Morgan fingerprint density at radius 2 is 1.90 bits per heavy atom. The van der Waals surface area contributed by atoms with E-state index >= 15 is 0 Å². The number of benzene rings is 1. The number of carbonyl (C=O) groups is 2. The lowest BCUT2D eigenvalue weighted by Crippen LogP contribution is -2.49. The van der Waals surface area contributed by atoms with E-state index in [0.29, 0.717) is 30.0 Å². The van der Waals surface area contributed by atoms with Crippen LogP contribution in [0.3, 0.4) is 0 Å². The molecule has 1 unspecified atom stereocenters. The molecule has 10 heteroatoms. The minimum atomic E-state index is -3.74. The van der Waals surface area contributed by atoms with Crippen molar-refractivity contribution < 1.29 is 18.0 Å². The van der Waals surface area contributed by atoms with E-state index in [1.807, 2.05) is 30.3 Å². The summed E-state index contributed by atoms with van der Waals surface area (Å²) in [6.07, 6.45) is 1.91. The molecule has 0 radical (unpaired) electrons. The summed E-state index contributed by atoms with van der Waals surface area (Å²) in [7, 11) is -3.74. The lowest BCUT2D eigenvalue weighted by molar-refractivity contribution is -0.120. The van der Waals surface area contributed by atoms with Crippen molar-refractivity contribution in [1.82, 2.24) is 9.29 Å². The van der Waals surface area contributed by atoms with Crippen molar-refractivity contribution >= 4 is 49.5 Å². The minimum absolute atomic E-state index is 0.142. The van der Waals surface area contributed by atoms with Gasteiger partial charge in [0.2, 0.25) is 5.91 Å². The van der Waals surface area contributed by atoms with Crippen LogP contribution in [0.4, 0.5) is 5.13 Å². The molecule has 0 bridgehead atoms. The molecule has 2 aromatic heterocycles. The first-order valence-corrected chi connectivity index (χ1v) is 12.9. The molecule has 3 heterocycles. The van der Waals surface area contributed by atoms with Gasteiger partial charge in [-0.2, -0.15) is 4.31 Å². The number of hydrogen-bond acceptors (Lipinski definition) is 7. The Balaban J connectivity index is 1.61. The van der Waals surface area contributed by atoms with Crippen molar-refractivity contribution in [2.45, 2.75) is 36.4 Å². The maximum atomic E-state index is 13.1. The Hall–Kier alpha value is -2.40. The van der Waals surface area contributed by atoms with Crippen LogP contribution in [0.2, 0.25) is 0 Å². The van der Waals surface area contributed by atoms with Crippen LogP contribution in [-0.4, -0.2) is 42.0 Å². The van der Waals surface area contributed by atoms with E-state index in [1.165, 1.54) is 11.2 Å². The average Bonchev–Trinajstić information content (AvgIpc) is 3.45. The van der Waals surface area contributed by atoms with Gasteiger partial charge in [-0.1, -0.05) is 54.2 Å². The van der Waals surface area contributed by atoms with E-state index in [4.69, 9.17) is 0 Å². The fourth-order valence-corrected chi connectivity index (χ4v) is 7.23. The topological polar surface area (TPSA) is 96.4 Å². The molecule has 31 heavy (non-hydrogen) atoms. The second kappa shape index (κ2) is 8.99. The van der Waals surface area contributed by atoms with Crippen molar-refractivity contribution in [3.63, 3.8) is 0 Å². The number of piperidine rings is 1. The summed E-state index contributed by atoms with van der Waals surface area (Å²) in [6, 6.07) is 11.7. The highest BCUT2D eigenvalue weighted by atomic mass is 32.2. The third-order valence-corrected chi connectivity index (χ3v) is 9.39. The first-order valence-electron chi connectivity index (χ1n) is 9.81. The number of aromatic nitrogens is 1. The third-order valence-electron chi connectivity index (χ3n) is 5.04. The Morgan fingerprint density at radius 3 is 2.58 bits per heavy atom. The number of amides is 1. The molecule has 1 aliphatic rings. The monoisotopic (exact) mass is 475 g/mol. The number of hydrogen-bond donors (Lipinski definition) is 1. The molecule has 1 fully saturated rings. The van der Waals surface area contributed by atoms with Crippen molar-refractivity contribution in [1.29, 1.82) is 0 Å². The SMILES string of the molecule is CC(=O)c1sc(NC(=O)C2CCCCN2S(=O)(=O)c2cccs2)nc1-c1ccccc1. The predicted molar refractivity (Wildman–Crippen MR) is 122 cm³/mol. The molecular formula is C21H21N3O4S3. The van der Waals surface area contributed by atoms with Gasteiger partial charge in [0, 0.05) is 19.0 Å². The fraction of sp³-hybridized carbons (Fsp3) is 0.286. The number of nitrogens with zero attached hydrogens (tertiary/aromatic N) is 2. The van der Waals surface area contributed by atoms with Crippen LogP contribution >= 0.6 is 22.7 Å². The van der Waals surface area contributed by atoms with E-state index in [2.05, 4.69) is 10.3 Å². The van der Waals surface area contributed by atoms with Crippen LogP contribution in [0.25, 0.3) is 11.3 Å². The van der Waals surface area contributed by atoms with Crippen molar-refractivity contribution in [2.24, 2.45) is 0 Å². The molecule has 0 spiro atoms. The molecular weight excluding hydrogens is 454 g/mol. The number of rotatable bonds is 6. The number of anilines is 1. The number of sulfonamides is 1. The predicted octanol–water partition coefficient (Wildman–Crippen LogP) is 4.26. The van der Waals surface area contributed by atoms with Gasteiger partial charge in [-0.3, -0.25) is 9.59 Å². The summed E-state index contributed by atoms with van der Waals surface area (Å²) in [4.78, 5) is 30.1. The normalized spacial score (nSPS) is 17.4. The maximum Gasteiger partial charge on any atom is 0.253 e. The van der Waals surface area contributed by atoms with Crippen LogP contribution in [0, 0.1) is 0 Å². The van der Waals surface area contributed by atoms with Gasteiger partial charge in [0.1, 0.15) is 10.3 Å². The Labute approximate surface area is 188 Å². The van der Waals surface area contributed by atoms with Gasteiger partial charge in [-0.25, -0.2) is 13.4 Å². The molecule has 1 N–H and O–H groups in total. The summed E-state index contributed by atoms with van der Waals surface area (Å²) in [5, 5.41) is 4.75. The molecule has 1 aliphatic heterocycles. The molecule has 1 amide bonds. The van der Waals surface area contributed by atoms with Crippen LogP contribution < -0.4 is 5.32 Å². The van der Waals surface area contributed by atoms with Crippen LogP contribution in [-0.2, 0) is 14.8 Å². The zero-order valence-electron chi connectivity index (χ0n) is 16.8. The number of carbonyl (C=O) groups excluding carboxylic acids is 2. The molecule has 4 rings (SSSR count). The Morgan fingerprint density at radius 1 is 1.13 bits per heavy atom. The van der Waals surface area contributed by atoms with Crippen LogP contribution in [0.1, 0.15) is 35.9 Å². The van der Waals surface area contributed by atoms with Crippen molar-refractivity contribution in [3.8, 4) is 11.3 Å². The van der Waals surface area contributed by atoms with Gasteiger partial charge in [0.15, 0.2) is 10.9 Å². The Kier molecular flexibility index (Phi) is 6.33. The highest BCUT2D eigenvalue weighted by Crippen LogP contribution is 2.33. The van der Waals surface area contributed by atoms with E-state index in [1.54, 1.807) is 17.5 Å². The van der Waals surface area contributed by atoms with Crippen LogP contribution in [0.5, 0.6) is 0 Å². The molecule has 1 saturated heterocycles. The maximum absolute atomic E-state index is 13.1. The lowest BCUT2D eigenvalue weighted by Gasteiger charge is -2.32.